The minimum atomic E-state index is -2.88. The standard InChI is InChI=1S/C15H22O3S/c1-4-12-11(2)10-15(14-7-6-13(12)14)18-8-5-9-19(3,16)17/h10H,4-9H2,1-3H3. The summed E-state index contributed by atoms with van der Waals surface area (Å²) < 4.78 is 27.9. The molecule has 0 atom stereocenters. The van der Waals surface area contributed by atoms with Crippen molar-refractivity contribution in [2.75, 3.05) is 18.6 Å². The Balaban J connectivity index is 2.02. The van der Waals surface area contributed by atoms with Gasteiger partial charge < -0.3 is 4.74 Å². The van der Waals surface area contributed by atoms with Crippen molar-refractivity contribution in [1.82, 2.24) is 0 Å². The second-order valence-corrected chi connectivity index (χ2v) is 7.57. The van der Waals surface area contributed by atoms with Gasteiger partial charge in [-0.05, 0) is 60.9 Å². The summed E-state index contributed by atoms with van der Waals surface area (Å²) >= 11 is 0. The summed E-state index contributed by atoms with van der Waals surface area (Å²) in [6.45, 7) is 4.79. The molecule has 0 heterocycles. The lowest BCUT2D eigenvalue weighted by Crippen LogP contribution is -2.16. The Morgan fingerprint density at radius 2 is 1.95 bits per heavy atom. The van der Waals surface area contributed by atoms with Gasteiger partial charge in [-0.3, -0.25) is 0 Å². The third-order valence-corrected chi connectivity index (χ3v) is 4.78. The van der Waals surface area contributed by atoms with E-state index < -0.39 is 9.84 Å². The second-order valence-electron chi connectivity index (χ2n) is 5.31. The van der Waals surface area contributed by atoms with Crippen LogP contribution >= 0.6 is 0 Å². The highest BCUT2D eigenvalue weighted by Gasteiger charge is 2.22. The monoisotopic (exact) mass is 282 g/mol. The van der Waals surface area contributed by atoms with Crippen molar-refractivity contribution in [1.29, 1.82) is 0 Å². The Hall–Kier alpha value is -1.03. The van der Waals surface area contributed by atoms with E-state index >= 15 is 0 Å². The summed E-state index contributed by atoms with van der Waals surface area (Å²) in [5.41, 5.74) is 5.55. The molecule has 19 heavy (non-hydrogen) atoms. The number of hydrogen-bond donors (Lipinski definition) is 0. The van der Waals surface area contributed by atoms with Crippen molar-refractivity contribution >= 4 is 9.84 Å². The molecule has 4 heteroatoms. The number of aryl methyl sites for hydroxylation is 1. The van der Waals surface area contributed by atoms with Gasteiger partial charge in [0.25, 0.3) is 0 Å². The Kier molecular flexibility index (Phi) is 4.19. The summed E-state index contributed by atoms with van der Waals surface area (Å²) in [7, 11) is -2.88. The van der Waals surface area contributed by atoms with Crippen molar-refractivity contribution in [3.8, 4) is 5.75 Å². The van der Waals surface area contributed by atoms with E-state index in [9.17, 15) is 8.42 Å². The number of fused-ring (bicyclic) bond motifs is 1. The number of rotatable bonds is 6. The van der Waals surface area contributed by atoms with Crippen LogP contribution in [0.2, 0.25) is 0 Å². The molecule has 0 aromatic heterocycles. The first-order chi connectivity index (χ1) is 8.92. The zero-order valence-corrected chi connectivity index (χ0v) is 12.8. The van der Waals surface area contributed by atoms with Gasteiger partial charge in [0.15, 0.2) is 0 Å². The van der Waals surface area contributed by atoms with E-state index in [1.165, 1.54) is 28.5 Å². The van der Waals surface area contributed by atoms with Crippen LogP contribution in [0.3, 0.4) is 0 Å². The fourth-order valence-electron chi connectivity index (χ4n) is 2.71. The SMILES string of the molecule is CCc1c(C)cc(OCCCS(C)(=O)=O)c2c1CC2. The highest BCUT2D eigenvalue weighted by Crippen LogP contribution is 2.37. The Morgan fingerprint density at radius 1 is 1.26 bits per heavy atom. The minimum absolute atomic E-state index is 0.196. The lowest BCUT2D eigenvalue weighted by Gasteiger charge is -2.27. The number of sulfone groups is 1. The smallest absolute Gasteiger partial charge is 0.147 e. The highest BCUT2D eigenvalue weighted by molar-refractivity contribution is 7.90. The zero-order chi connectivity index (χ0) is 14.0. The Labute approximate surface area is 115 Å². The molecule has 0 bridgehead atoms. The van der Waals surface area contributed by atoms with Gasteiger partial charge in [-0.1, -0.05) is 6.92 Å². The molecule has 1 aromatic rings. The third kappa shape index (κ3) is 3.30. The molecule has 0 unspecified atom stereocenters. The molecule has 1 aromatic carbocycles. The summed E-state index contributed by atoms with van der Waals surface area (Å²) in [5, 5.41) is 0. The zero-order valence-electron chi connectivity index (χ0n) is 12.0. The number of hydrogen-bond acceptors (Lipinski definition) is 3. The molecule has 0 fully saturated rings. The molecule has 3 nitrogen and oxygen atoms in total. The highest BCUT2D eigenvalue weighted by atomic mass is 32.2. The van der Waals surface area contributed by atoms with Crippen LogP contribution in [0.25, 0.3) is 0 Å². The molecule has 1 aliphatic carbocycles. The largest absolute Gasteiger partial charge is 0.493 e. The first-order valence-electron chi connectivity index (χ1n) is 6.87. The van der Waals surface area contributed by atoms with Crippen molar-refractivity contribution in [2.24, 2.45) is 0 Å². The molecular weight excluding hydrogens is 260 g/mol. The maximum absolute atomic E-state index is 11.1. The van der Waals surface area contributed by atoms with Gasteiger partial charge in [0.2, 0.25) is 0 Å². The third-order valence-electron chi connectivity index (χ3n) is 3.75. The minimum Gasteiger partial charge on any atom is -0.493 e. The van der Waals surface area contributed by atoms with Crippen LogP contribution in [-0.2, 0) is 29.1 Å². The molecule has 0 saturated carbocycles. The Bertz CT molecular complexity index is 574. The van der Waals surface area contributed by atoms with Crippen molar-refractivity contribution in [3.05, 3.63) is 28.3 Å². The van der Waals surface area contributed by atoms with Gasteiger partial charge in [0.1, 0.15) is 15.6 Å². The molecule has 0 amide bonds. The lowest BCUT2D eigenvalue weighted by atomic mass is 9.81. The van der Waals surface area contributed by atoms with Gasteiger partial charge in [-0.2, -0.15) is 0 Å². The van der Waals surface area contributed by atoms with Crippen LogP contribution < -0.4 is 4.74 Å². The molecular formula is C15H22O3S. The van der Waals surface area contributed by atoms with Crippen LogP contribution in [0, 0.1) is 6.92 Å². The molecule has 0 N–H and O–H groups in total. The Morgan fingerprint density at radius 3 is 2.47 bits per heavy atom. The van der Waals surface area contributed by atoms with E-state index in [1.807, 2.05) is 0 Å². The van der Waals surface area contributed by atoms with Crippen LogP contribution in [-0.4, -0.2) is 27.0 Å². The van der Waals surface area contributed by atoms with E-state index in [2.05, 4.69) is 19.9 Å². The van der Waals surface area contributed by atoms with E-state index in [-0.39, 0.29) is 5.75 Å². The fourth-order valence-corrected chi connectivity index (χ4v) is 3.36. The topological polar surface area (TPSA) is 43.4 Å². The summed E-state index contributed by atoms with van der Waals surface area (Å²) in [6.07, 6.45) is 5.13. The van der Waals surface area contributed by atoms with Gasteiger partial charge in [0, 0.05) is 6.26 Å². The average Bonchev–Trinajstić information content (AvgIpc) is 2.26. The molecule has 0 spiro atoms. The van der Waals surface area contributed by atoms with E-state index in [1.54, 1.807) is 0 Å². The molecule has 2 rings (SSSR count). The maximum Gasteiger partial charge on any atom is 0.147 e. The van der Waals surface area contributed by atoms with Crippen molar-refractivity contribution < 1.29 is 13.2 Å². The maximum atomic E-state index is 11.1. The van der Waals surface area contributed by atoms with E-state index in [4.69, 9.17) is 4.74 Å². The molecule has 0 radical (unpaired) electrons. The van der Waals surface area contributed by atoms with E-state index in [0.29, 0.717) is 13.0 Å². The van der Waals surface area contributed by atoms with E-state index in [0.717, 1.165) is 25.0 Å². The summed E-state index contributed by atoms with van der Waals surface area (Å²) in [5.74, 6) is 1.16. The molecule has 0 saturated heterocycles. The van der Waals surface area contributed by atoms with Gasteiger partial charge in [0.05, 0.1) is 12.4 Å². The predicted octanol–water partition coefficient (Wildman–Crippen LogP) is 2.47. The van der Waals surface area contributed by atoms with Gasteiger partial charge in [-0.25, -0.2) is 8.42 Å². The predicted molar refractivity (Wildman–Crippen MR) is 77.8 cm³/mol. The second kappa shape index (κ2) is 5.53. The van der Waals surface area contributed by atoms with Crippen LogP contribution in [0.15, 0.2) is 6.07 Å². The fraction of sp³-hybridized carbons (Fsp3) is 0.600. The average molecular weight is 282 g/mol. The van der Waals surface area contributed by atoms with Crippen molar-refractivity contribution in [3.63, 3.8) is 0 Å². The first kappa shape index (κ1) is 14.4. The first-order valence-corrected chi connectivity index (χ1v) is 8.93. The van der Waals surface area contributed by atoms with Crippen molar-refractivity contribution in [2.45, 2.75) is 39.5 Å². The van der Waals surface area contributed by atoms with Gasteiger partial charge >= 0.3 is 0 Å². The quantitative estimate of drug-likeness (QED) is 0.753. The number of ether oxygens (including phenoxy) is 1. The van der Waals surface area contributed by atoms with Crippen LogP contribution in [0.1, 0.15) is 35.6 Å². The summed E-state index contributed by atoms with van der Waals surface area (Å²) in [4.78, 5) is 0. The molecule has 106 valence electrons. The molecule has 0 aliphatic heterocycles. The van der Waals surface area contributed by atoms with Crippen LogP contribution in [0.4, 0.5) is 0 Å². The molecule has 1 aliphatic rings. The van der Waals surface area contributed by atoms with Gasteiger partial charge in [-0.15, -0.1) is 0 Å². The number of benzene rings is 1. The summed E-state index contributed by atoms with van der Waals surface area (Å²) in [6, 6.07) is 2.11. The normalized spacial score (nSPS) is 13.8. The lowest BCUT2D eigenvalue weighted by molar-refractivity contribution is 0.311. The van der Waals surface area contributed by atoms with Crippen LogP contribution in [0.5, 0.6) is 5.75 Å².